The van der Waals surface area contributed by atoms with Crippen molar-refractivity contribution in [3.8, 4) is 0 Å². The second-order valence-electron chi connectivity index (χ2n) is 8.13. The van der Waals surface area contributed by atoms with Gasteiger partial charge in [0, 0.05) is 24.5 Å². The van der Waals surface area contributed by atoms with E-state index in [-0.39, 0.29) is 29.8 Å². The van der Waals surface area contributed by atoms with Crippen molar-refractivity contribution in [2.24, 2.45) is 0 Å². The quantitative estimate of drug-likeness (QED) is 0.604. The van der Waals surface area contributed by atoms with Crippen LogP contribution in [0.1, 0.15) is 11.1 Å². The number of carbonyl (C=O) groups excluding carboxylic acids is 2. The number of aryl methyl sites for hydroxylation is 2. The van der Waals surface area contributed by atoms with Crippen LogP contribution < -0.4 is 10.6 Å². The molecule has 1 aliphatic heterocycles. The van der Waals surface area contributed by atoms with E-state index in [2.05, 4.69) is 10.6 Å². The maximum Gasteiger partial charge on any atom is 0.243 e. The van der Waals surface area contributed by atoms with E-state index in [1.54, 1.807) is 31.0 Å². The second-order valence-corrected chi connectivity index (χ2v) is 10.0. The molecule has 1 saturated heterocycles. The third-order valence-electron chi connectivity index (χ3n) is 5.22. The van der Waals surface area contributed by atoms with Crippen LogP contribution in [0.4, 0.5) is 11.4 Å². The van der Waals surface area contributed by atoms with Crippen LogP contribution in [0, 0.1) is 13.8 Å². The Balaban J connectivity index is 1.58. The molecule has 2 aromatic rings. The van der Waals surface area contributed by atoms with E-state index in [0.717, 1.165) is 5.56 Å². The molecule has 0 aromatic heterocycles. The van der Waals surface area contributed by atoms with Gasteiger partial charge in [0.25, 0.3) is 0 Å². The highest BCUT2D eigenvalue weighted by Gasteiger charge is 2.28. The zero-order chi connectivity index (χ0) is 24.0. The Kier molecular flexibility index (Phi) is 8.20. The van der Waals surface area contributed by atoms with Crippen molar-refractivity contribution in [1.29, 1.82) is 0 Å². The van der Waals surface area contributed by atoms with E-state index in [0.29, 0.717) is 43.2 Å². The lowest BCUT2D eigenvalue weighted by Gasteiger charge is -2.27. The molecule has 0 aliphatic carbocycles. The van der Waals surface area contributed by atoms with E-state index in [1.165, 1.54) is 10.4 Å². The lowest BCUT2D eigenvalue weighted by Crippen LogP contribution is -2.40. The van der Waals surface area contributed by atoms with Gasteiger partial charge >= 0.3 is 0 Å². The smallest absolute Gasteiger partial charge is 0.243 e. The summed E-state index contributed by atoms with van der Waals surface area (Å²) >= 11 is 0. The van der Waals surface area contributed by atoms with Crippen LogP contribution in [0.15, 0.2) is 47.4 Å². The van der Waals surface area contributed by atoms with Crippen LogP contribution in [0.3, 0.4) is 0 Å². The monoisotopic (exact) mass is 474 g/mol. The molecule has 9 nitrogen and oxygen atoms in total. The summed E-state index contributed by atoms with van der Waals surface area (Å²) in [7, 11) is -2.02. The predicted molar refractivity (Wildman–Crippen MR) is 127 cm³/mol. The summed E-state index contributed by atoms with van der Waals surface area (Å²) in [6, 6.07) is 12.3. The Labute approximate surface area is 194 Å². The average Bonchev–Trinajstić information content (AvgIpc) is 2.77. The first-order valence-corrected chi connectivity index (χ1v) is 12.1. The second kappa shape index (κ2) is 10.9. The summed E-state index contributed by atoms with van der Waals surface area (Å²) in [5.74, 6) is -0.581. The van der Waals surface area contributed by atoms with Crippen LogP contribution in [0.5, 0.6) is 0 Å². The maximum atomic E-state index is 13.0. The Morgan fingerprint density at radius 2 is 1.48 bits per heavy atom. The minimum absolute atomic E-state index is 0.0270. The summed E-state index contributed by atoms with van der Waals surface area (Å²) in [5.41, 5.74) is 2.77. The molecule has 0 bridgehead atoms. The maximum absolute atomic E-state index is 13.0. The summed E-state index contributed by atoms with van der Waals surface area (Å²) in [5, 5.41) is 5.52. The average molecular weight is 475 g/mol. The van der Waals surface area contributed by atoms with Gasteiger partial charge in [0.05, 0.1) is 31.2 Å². The molecule has 0 saturated carbocycles. The molecule has 33 heavy (non-hydrogen) atoms. The fraction of sp³-hybridized carbons (Fsp3) is 0.391. The number of carbonyl (C=O) groups is 2. The van der Waals surface area contributed by atoms with Gasteiger partial charge < -0.3 is 15.4 Å². The number of rotatable bonds is 8. The van der Waals surface area contributed by atoms with Crippen molar-refractivity contribution in [3.05, 3.63) is 53.6 Å². The van der Waals surface area contributed by atoms with Crippen molar-refractivity contribution >= 4 is 33.2 Å². The van der Waals surface area contributed by atoms with Crippen molar-refractivity contribution < 1.29 is 22.7 Å². The van der Waals surface area contributed by atoms with E-state index in [4.69, 9.17) is 4.74 Å². The number of benzene rings is 2. The predicted octanol–water partition coefficient (Wildman–Crippen LogP) is 1.83. The number of sulfonamides is 1. The Hall–Kier alpha value is -2.79. The third kappa shape index (κ3) is 6.84. The zero-order valence-corrected chi connectivity index (χ0v) is 19.9. The molecule has 0 radical (unpaired) electrons. The molecule has 1 aliphatic rings. The number of likely N-dealkylation sites (N-methyl/N-ethyl adjacent to an activating group) is 1. The lowest BCUT2D eigenvalue weighted by atomic mass is 10.2. The lowest BCUT2D eigenvalue weighted by molar-refractivity contribution is -0.119. The molecule has 3 rings (SSSR count). The van der Waals surface area contributed by atoms with Gasteiger partial charge in [-0.3, -0.25) is 14.5 Å². The Bertz CT molecular complexity index is 1100. The van der Waals surface area contributed by atoms with Crippen LogP contribution in [0.25, 0.3) is 0 Å². The molecular weight excluding hydrogens is 444 g/mol. The van der Waals surface area contributed by atoms with Gasteiger partial charge in [-0.2, -0.15) is 4.31 Å². The van der Waals surface area contributed by atoms with Crippen molar-refractivity contribution in [3.63, 3.8) is 0 Å². The van der Waals surface area contributed by atoms with Gasteiger partial charge in [-0.05, 0) is 50.7 Å². The van der Waals surface area contributed by atoms with Crippen LogP contribution in [0.2, 0.25) is 0 Å². The molecule has 0 atom stereocenters. The molecule has 0 unspecified atom stereocenters. The summed E-state index contributed by atoms with van der Waals surface area (Å²) < 4.78 is 32.7. The largest absolute Gasteiger partial charge is 0.379 e. The topological polar surface area (TPSA) is 108 Å². The summed E-state index contributed by atoms with van der Waals surface area (Å²) in [6.45, 7) is 5.01. The number of nitrogens with one attached hydrogen (secondary N) is 2. The number of amides is 2. The SMILES string of the molecule is Cc1ccc(NC(=O)CN(C)CC(=O)Nc2ccc(C)c(S(=O)(=O)N3CCOCC3)c2)cc1. The summed E-state index contributed by atoms with van der Waals surface area (Å²) in [4.78, 5) is 26.5. The van der Waals surface area contributed by atoms with Crippen LogP contribution in [-0.4, -0.2) is 75.9 Å². The molecule has 178 valence electrons. The van der Waals surface area contributed by atoms with Crippen LogP contribution >= 0.6 is 0 Å². The first-order valence-electron chi connectivity index (χ1n) is 10.7. The number of nitrogens with zero attached hydrogens (tertiary/aromatic N) is 2. The molecule has 2 N–H and O–H groups in total. The highest BCUT2D eigenvalue weighted by molar-refractivity contribution is 7.89. The van der Waals surface area contributed by atoms with Crippen molar-refractivity contribution in [2.45, 2.75) is 18.7 Å². The number of hydrogen-bond donors (Lipinski definition) is 2. The van der Waals surface area contributed by atoms with Gasteiger partial charge in [-0.25, -0.2) is 8.42 Å². The number of morpholine rings is 1. The van der Waals surface area contributed by atoms with Gasteiger partial charge in [0.1, 0.15) is 0 Å². The molecule has 2 aromatic carbocycles. The van der Waals surface area contributed by atoms with E-state index >= 15 is 0 Å². The van der Waals surface area contributed by atoms with Crippen molar-refractivity contribution in [2.75, 3.05) is 57.1 Å². The fourth-order valence-electron chi connectivity index (χ4n) is 3.47. The van der Waals surface area contributed by atoms with Crippen LogP contribution in [-0.2, 0) is 24.3 Å². The van der Waals surface area contributed by atoms with E-state index < -0.39 is 10.0 Å². The standard InChI is InChI=1S/C23H30N4O5S/c1-17-4-7-19(8-5-17)24-22(28)15-26(3)16-23(29)25-20-9-6-18(2)21(14-20)33(30,31)27-10-12-32-13-11-27/h4-9,14H,10-13,15-16H2,1-3H3,(H,24,28)(H,25,29). The Morgan fingerprint density at radius 3 is 2.09 bits per heavy atom. The van der Waals surface area contributed by atoms with Gasteiger partial charge in [-0.15, -0.1) is 0 Å². The van der Waals surface area contributed by atoms with Crippen molar-refractivity contribution in [1.82, 2.24) is 9.21 Å². The highest BCUT2D eigenvalue weighted by Crippen LogP contribution is 2.24. The highest BCUT2D eigenvalue weighted by atomic mass is 32.2. The molecule has 1 fully saturated rings. The fourth-order valence-corrected chi connectivity index (χ4v) is 5.12. The Morgan fingerprint density at radius 1 is 0.939 bits per heavy atom. The third-order valence-corrected chi connectivity index (χ3v) is 7.26. The first-order chi connectivity index (χ1) is 15.6. The van der Waals surface area contributed by atoms with E-state index in [1.807, 2.05) is 31.2 Å². The molecule has 10 heteroatoms. The summed E-state index contributed by atoms with van der Waals surface area (Å²) in [6.07, 6.45) is 0. The van der Waals surface area contributed by atoms with Gasteiger partial charge in [0.15, 0.2) is 0 Å². The normalized spacial score (nSPS) is 14.8. The van der Waals surface area contributed by atoms with Gasteiger partial charge in [-0.1, -0.05) is 23.8 Å². The molecule has 1 heterocycles. The van der Waals surface area contributed by atoms with Gasteiger partial charge in [0.2, 0.25) is 21.8 Å². The minimum Gasteiger partial charge on any atom is -0.379 e. The molecule has 2 amide bonds. The van der Waals surface area contributed by atoms with E-state index in [9.17, 15) is 18.0 Å². The minimum atomic E-state index is -3.68. The molecular formula is C23H30N4O5S. The number of hydrogen-bond acceptors (Lipinski definition) is 6. The zero-order valence-electron chi connectivity index (χ0n) is 19.1. The number of ether oxygens (including phenoxy) is 1. The number of anilines is 2. The first kappa shape index (κ1) is 24.8. The molecule has 0 spiro atoms.